The van der Waals surface area contributed by atoms with Crippen LogP contribution in [-0.4, -0.2) is 49.8 Å². The standard InChI is InChI=1S/C23H25F9O4S2/c1-2-3-4-11-35-18-9-7-17-15-19(10-8-16(17)14-18)37(12-5-6-13-37)36-38(33,34)23(31,32)21(26,27)20(24,25)22(28,29)30/h7-10,14-15H,2-6,11-13H2,1H3. The number of unbranched alkanes of at least 4 members (excludes halogenated alkanes) is 2. The average Bonchev–Trinajstić information content (AvgIpc) is 3.29. The van der Waals surface area contributed by atoms with Crippen molar-refractivity contribution in [3.8, 4) is 5.75 Å². The van der Waals surface area contributed by atoms with Crippen molar-refractivity contribution in [1.29, 1.82) is 0 Å². The normalized spacial score (nSPS) is 18.1. The zero-order valence-corrected chi connectivity index (χ0v) is 21.6. The molecule has 1 aliphatic heterocycles. The number of hydrogen-bond acceptors (Lipinski definition) is 4. The fraction of sp³-hybridized carbons (Fsp3) is 0.565. The van der Waals surface area contributed by atoms with Crippen molar-refractivity contribution in [2.75, 3.05) is 18.1 Å². The van der Waals surface area contributed by atoms with Crippen LogP contribution in [0, 0.1) is 0 Å². The number of alkyl halides is 9. The summed E-state index contributed by atoms with van der Waals surface area (Å²) in [5.74, 6) is -14.6. The molecular formula is C23H25F9O4S2. The van der Waals surface area contributed by atoms with E-state index in [1.54, 1.807) is 18.2 Å². The van der Waals surface area contributed by atoms with E-state index in [9.17, 15) is 47.9 Å². The Morgan fingerprint density at radius 3 is 1.97 bits per heavy atom. The molecule has 1 heterocycles. The van der Waals surface area contributed by atoms with Gasteiger partial charge in [0.2, 0.25) is 0 Å². The van der Waals surface area contributed by atoms with Gasteiger partial charge in [-0.15, -0.1) is 0 Å². The number of hydrogen-bond donors (Lipinski definition) is 0. The third-order valence-electron chi connectivity index (χ3n) is 6.08. The van der Waals surface area contributed by atoms with Gasteiger partial charge >= 0.3 is 33.4 Å². The molecule has 0 amide bonds. The van der Waals surface area contributed by atoms with E-state index in [1.807, 2.05) is 6.92 Å². The first-order valence-corrected chi connectivity index (χ1v) is 14.8. The lowest BCUT2D eigenvalue weighted by Gasteiger charge is -2.38. The molecule has 1 saturated heterocycles. The van der Waals surface area contributed by atoms with E-state index in [2.05, 4.69) is 3.63 Å². The Bertz CT molecular complexity index is 1240. The maximum atomic E-state index is 14.3. The summed E-state index contributed by atoms with van der Waals surface area (Å²) in [5, 5.41) is -5.79. The third kappa shape index (κ3) is 5.42. The van der Waals surface area contributed by atoms with Gasteiger partial charge in [0, 0.05) is 16.4 Å². The van der Waals surface area contributed by atoms with Gasteiger partial charge in [-0.25, -0.2) is 3.63 Å². The molecule has 0 radical (unpaired) electrons. The molecule has 2 aromatic rings. The Labute approximate surface area is 215 Å². The summed E-state index contributed by atoms with van der Waals surface area (Å²) in [6.45, 7) is 2.51. The van der Waals surface area contributed by atoms with Crippen LogP contribution in [0.5, 0.6) is 5.75 Å². The lowest BCUT2D eigenvalue weighted by Crippen LogP contribution is -2.63. The molecule has 38 heavy (non-hydrogen) atoms. The quantitative estimate of drug-likeness (QED) is 0.194. The Balaban J connectivity index is 1.95. The predicted molar refractivity (Wildman–Crippen MR) is 125 cm³/mol. The SMILES string of the molecule is CCCCCOc1ccc2cc(S3(OS(=O)(=O)C(F)(F)C(F)(F)C(F)(F)C(F)(F)F)CCCC3)ccc2c1. The van der Waals surface area contributed by atoms with Crippen LogP contribution in [0.15, 0.2) is 41.3 Å². The first kappa shape index (κ1) is 30.7. The van der Waals surface area contributed by atoms with Crippen LogP contribution in [0.1, 0.15) is 39.0 Å². The summed E-state index contributed by atoms with van der Waals surface area (Å²) in [7, 11) is -10.3. The summed E-state index contributed by atoms with van der Waals surface area (Å²) < 4.78 is 155. The van der Waals surface area contributed by atoms with Crippen LogP contribution >= 0.6 is 10.3 Å². The molecule has 1 fully saturated rings. The van der Waals surface area contributed by atoms with Crippen LogP contribution in [-0.2, 0) is 13.7 Å². The number of rotatable bonds is 11. The van der Waals surface area contributed by atoms with E-state index in [0.717, 1.165) is 19.3 Å². The van der Waals surface area contributed by atoms with Gasteiger partial charge in [0.15, 0.2) is 0 Å². The van der Waals surface area contributed by atoms with Crippen molar-refractivity contribution in [2.24, 2.45) is 0 Å². The van der Waals surface area contributed by atoms with Crippen LogP contribution < -0.4 is 4.74 Å². The molecule has 0 bridgehead atoms. The second-order valence-corrected chi connectivity index (χ2v) is 13.7. The largest absolute Gasteiger partial charge is 0.494 e. The lowest BCUT2D eigenvalue weighted by atomic mass is 10.1. The van der Waals surface area contributed by atoms with E-state index >= 15 is 0 Å². The Kier molecular flexibility index (Phi) is 8.56. The highest BCUT2D eigenvalue weighted by Gasteiger charge is 2.86. The summed E-state index contributed by atoms with van der Waals surface area (Å²) in [6.07, 6.45) is -3.88. The molecule has 0 spiro atoms. The number of fused-ring (bicyclic) bond motifs is 1. The molecule has 0 N–H and O–H groups in total. The van der Waals surface area contributed by atoms with Crippen molar-refractivity contribution >= 4 is 31.2 Å². The molecule has 1 aliphatic rings. The zero-order chi connectivity index (χ0) is 28.6. The fourth-order valence-electron chi connectivity index (χ4n) is 3.91. The highest BCUT2D eigenvalue weighted by molar-refractivity contribution is 8.33. The zero-order valence-electron chi connectivity index (χ0n) is 20.0. The first-order valence-electron chi connectivity index (χ1n) is 11.5. The van der Waals surface area contributed by atoms with E-state index in [4.69, 9.17) is 4.74 Å². The van der Waals surface area contributed by atoms with Gasteiger partial charge in [0.1, 0.15) is 5.75 Å². The lowest BCUT2D eigenvalue weighted by molar-refractivity contribution is -0.382. The molecule has 0 aliphatic carbocycles. The van der Waals surface area contributed by atoms with E-state index < -0.39 is 43.7 Å². The smallest absolute Gasteiger partial charge is 0.460 e. The second-order valence-electron chi connectivity index (χ2n) is 8.84. The van der Waals surface area contributed by atoms with E-state index in [1.165, 1.54) is 18.2 Å². The van der Waals surface area contributed by atoms with Crippen LogP contribution in [0.3, 0.4) is 0 Å². The van der Waals surface area contributed by atoms with Crippen LogP contribution in [0.25, 0.3) is 10.8 Å². The topological polar surface area (TPSA) is 52.6 Å². The van der Waals surface area contributed by atoms with Crippen LogP contribution in [0.2, 0.25) is 0 Å². The average molecular weight is 601 g/mol. The molecule has 4 nitrogen and oxygen atoms in total. The molecule has 0 aromatic heterocycles. The highest BCUT2D eigenvalue weighted by atomic mass is 32.3. The minimum atomic E-state index is -7.35. The van der Waals surface area contributed by atoms with Crippen molar-refractivity contribution in [1.82, 2.24) is 0 Å². The van der Waals surface area contributed by atoms with E-state index in [-0.39, 0.29) is 29.2 Å². The maximum Gasteiger partial charge on any atom is 0.460 e. The minimum absolute atomic E-state index is 0.0457. The van der Waals surface area contributed by atoms with Crippen LogP contribution in [0.4, 0.5) is 39.5 Å². The number of halogens is 9. The molecule has 0 unspecified atom stereocenters. The van der Waals surface area contributed by atoms with Gasteiger partial charge < -0.3 is 4.74 Å². The Hall–Kier alpha value is -1.87. The molecule has 3 rings (SSSR count). The third-order valence-corrected chi connectivity index (χ3v) is 11.7. The van der Waals surface area contributed by atoms with Crippen molar-refractivity contribution in [2.45, 2.75) is 67.2 Å². The summed E-state index contributed by atoms with van der Waals surface area (Å²) in [5.41, 5.74) is 0. The van der Waals surface area contributed by atoms with Crippen molar-refractivity contribution < 1.29 is 56.3 Å². The molecule has 15 heteroatoms. The van der Waals surface area contributed by atoms with Crippen molar-refractivity contribution in [3.05, 3.63) is 36.4 Å². The second kappa shape index (κ2) is 10.6. The summed E-state index contributed by atoms with van der Waals surface area (Å²) in [4.78, 5) is 0.0457. The van der Waals surface area contributed by atoms with Gasteiger partial charge in [0.05, 0.1) is 6.61 Å². The van der Waals surface area contributed by atoms with Gasteiger partial charge in [0.25, 0.3) is 0 Å². The van der Waals surface area contributed by atoms with Gasteiger partial charge in [-0.05, 0) is 54.3 Å². The Morgan fingerprint density at radius 1 is 0.816 bits per heavy atom. The molecule has 0 atom stereocenters. The number of ether oxygens (including phenoxy) is 1. The summed E-state index contributed by atoms with van der Waals surface area (Å²) in [6, 6.07) is 9.11. The minimum Gasteiger partial charge on any atom is -0.494 e. The molecule has 2 aromatic carbocycles. The monoisotopic (exact) mass is 600 g/mol. The fourth-order valence-corrected chi connectivity index (χ4v) is 9.60. The molecule has 0 saturated carbocycles. The maximum absolute atomic E-state index is 14.3. The first-order chi connectivity index (χ1) is 17.4. The van der Waals surface area contributed by atoms with Gasteiger partial charge in [-0.3, -0.25) is 0 Å². The van der Waals surface area contributed by atoms with E-state index in [0.29, 0.717) is 23.1 Å². The predicted octanol–water partition coefficient (Wildman–Crippen LogP) is 8.05. The van der Waals surface area contributed by atoms with Gasteiger partial charge in [-0.2, -0.15) is 47.9 Å². The summed E-state index contributed by atoms with van der Waals surface area (Å²) >= 11 is 0. The van der Waals surface area contributed by atoms with Gasteiger partial charge in [-0.1, -0.05) is 42.2 Å². The molecular weight excluding hydrogens is 575 g/mol. The number of benzene rings is 2. The van der Waals surface area contributed by atoms with Crippen molar-refractivity contribution in [3.63, 3.8) is 0 Å². The highest BCUT2D eigenvalue weighted by Crippen LogP contribution is 2.65. The Morgan fingerprint density at radius 2 is 1.39 bits per heavy atom. The molecule has 216 valence electrons.